The number of benzene rings is 1. The Morgan fingerprint density at radius 3 is 2.53 bits per heavy atom. The molecule has 3 atom stereocenters. The van der Waals surface area contributed by atoms with Crippen LogP contribution in [0.3, 0.4) is 0 Å². The Morgan fingerprint density at radius 1 is 1.18 bits per heavy atom. The number of aliphatic hydroxyl groups excluding tert-OH is 4. The number of rotatable bonds is 4. The highest BCUT2D eigenvalue weighted by atomic mass is 16.4. The second kappa shape index (κ2) is 4.80. The summed E-state index contributed by atoms with van der Waals surface area (Å²) in [5, 5.41) is 37.2. The van der Waals surface area contributed by atoms with Crippen LogP contribution >= 0.6 is 0 Å². The van der Waals surface area contributed by atoms with Gasteiger partial charge in [-0.2, -0.15) is 0 Å². The average Bonchev–Trinajstić information content (AvgIpc) is 2.79. The predicted octanol–water partition coefficient (Wildman–Crippen LogP) is -0.690. The van der Waals surface area contributed by atoms with E-state index in [2.05, 4.69) is 9.97 Å². The maximum Gasteiger partial charge on any atom is 0.140 e. The third-order valence-electron chi connectivity index (χ3n) is 2.59. The fourth-order valence-electron chi connectivity index (χ4n) is 1.59. The molecular formula is C11H14N2O4. The van der Waals surface area contributed by atoms with Crippen LogP contribution in [0.5, 0.6) is 0 Å². The zero-order chi connectivity index (χ0) is 12.4. The highest BCUT2D eigenvalue weighted by Crippen LogP contribution is 2.19. The monoisotopic (exact) mass is 238 g/mol. The number of fused-ring (bicyclic) bond motifs is 1. The van der Waals surface area contributed by atoms with Crippen LogP contribution < -0.4 is 0 Å². The molecule has 0 radical (unpaired) electrons. The molecule has 0 unspecified atom stereocenters. The van der Waals surface area contributed by atoms with Crippen molar-refractivity contribution in [2.75, 3.05) is 6.61 Å². The minimum atomic E-state index is -1.49. The van der Waals surface area contributed by atoms with Gasteiger partial charge in [0.25, 0.3) is 0 Å². The fraction of sp³-hybridized carbons (Fsp3) is 0.364. The molecule has 17 heavy (non-hydrogen) atoms. The van der Waals surface area contributed by atoms with Gasteiger partial charge >= 0.3 is 0 Å². The minimum absolute atomic E-state index is 0.159. The quantitative estimate of drug-likeness (QED) is 0.484. The summed E-state index contributed by atoms with van der Waals surface area (Å²) in [5.41, 5.74) is 1.39. The summed E-state index contributed by atoms with van der Waals surface area (Å²) in [5.74, 6) is 0.159. The molecule has 0 amide bonds. The van der Waals surface area contributed by atoms with E-state index in [0.29, 0.717) is 5.52 Å². The van der Waals surface area contributed by atoms with Crippen molar-refractivity contribution in [1.82, 2.24) is 9.97 Å². The number of imidazole rings is 1. The van der Waals surface area contributed by atoms with Crippen molar-refractivity contribution in [1.29, 1.82) is 0 Å². The summed E-state index contributed by atoms with van der Waals surface area (Å²) < 4.78 is 0. The smallest absolute Gasteiger partial charge is 0.140 e. The first kappa shape index (κ1) is 12.0. The van der Waals surface area contributed by atoms with Crippen LogP contribution in [-0.4, -0.2) is 49.2 Å². The number of nitrogens with zero attached hydrogens (tertiary/aromatic N) is 1. The van der Waals surface area contributed by atoms with Gasteiger partial charge in [-0.15, -0.1) is 0 Å². The van der Waals surface area contributed by atoms with E-state index in [-0.39, 0.29) is 5.82 Å². The van der Waals surface area contributed by atoms with E-state index < -0.39 is 24.9 Å². The van der Waals surface area contributed by atoms with Gasteiger partial charge in [0.2, 0.25) is 0 Å². The third-order valence-corrected chi connectivity index (χ3v) is 2.59. The van der Waals surface area contributed by atoms with Gasteiger partial charge in [-0.1, -0.05) is 12.1 Å². The van der Waals surface area contributed by atoms with Gasteiger partial charge in [0.15, 0.2) is 0 Å². The first-order chi connectivity index (χ1) is 8.13. The van der Waals surface area contributed by atoms with E-state index in [0.717, 1.165) is 5.52 Å². The number of hydrogen-bond acceptors (Lipinski definition) is 5. The maximum atomic E-state index is 9.78. The Hall–Kier alpha value is -1.47. The summed E-state index contributed by atoms with van der Waals surface area (Å²) in [7, 11) is 0. The molecule has 0 bridgehead atoms. The van der Waals surface area contributed by atoms with Crippen LogP contribution in [0.4, 0.5) is 0 Å². The first-order valence-electron chi connectivity index (χ1n) is 5.23. The van der Waals surface area contributed by atoms with Crippen molar-refractivity contribution in [2.24, 2.45) is 0 Å². The van der Waals surface area contributed by atoms with Crippen LogP contribution in [0.1, 0.15) is 11.9 Å². The summed E-state index contributed by atoms with van der Waals surface area (Å²) in [6, 6.07) is 7.16. The molecule has 0 aliphatic rings. The van der Waals surface area contributed by atoms with Crippen LogP contribution in [0.25, 0.3) is 11.0 Å². The van der Waals surface area contributed by atoms with Crippen LogP contribution in [0, 0.1) is 0 Å². The van der Waals surface area contributed by atoms with Crippen molar-refractivity contribution < 1.29 is 20.4 Å². The Kier molecular flexibility index (Phi) is 3.39. The van der Waals surface area contributed by atoms with Gasteiger partial charge in [0.1, 0.15) is 24.1 Å². The number of para-hydroxylation sites is 2. The highest BCUT2D eigenvalue weighted by molar-refractivity contribution is 5.74. The first-order valence-corrected chi connectivity index (χ1v) is 5.23. The maximum absolute atomic E-state index is 9.78. The third kappa shape index (κ3) is 2.29. The standard InChI is InChI=1S/C11H14N2O4/c14-5-8(15)9(16)10(17)11-12-6-3-1-2-4-7(6)13-11/h1-4,8-10,14-17H,5H2,(H,12,13)/t8-,9+,10-/m0/s1. The topological polar surface area (TPSA) is 110 Å². The molecule has 0 aliphatic heterocycles. The number of aliphatic hydroxyl groups is 4. The van der Waals surface area contributed by atoms with Crippen LogP contribution in [-0.2, 0) is 0 Å². The van der Waals surface area contributed by atoms with E-state index in [4.69, 9.17) is 5.11 Å². The molecule has 2 aromatic rings. The Bertz CT molecular complexity index is 466. The predicted molar refractivity (Wildman–Crippen MR) is 60.2 cm³/mol. The van der Waals surface area contributed by atoms with Gasteiger partial charge in [0.05, 0.1) is 17.6 Å². The second-order valence-corrected chi connectivity index (χ2v) is 3.82. The molecule has 1 heterocycles. The number of hydrogen-bond donors (Lipinski definition) is 5. The second-order valence-electron chi connectivity index (χ2n) is 3.82. The van der Waals surface area contributed by atoms with Crippen molar-refractivity contribution in [3.05, 3.63) is 30.1 Å². The molecule has 92 valence electrons. The largest absolute Gasteiger partial charge is 0.394 e. The number of aromatic nitrogens is 2. The van der Waals surface area contributed by atoms with E-state index >= 15 is 0 Å². The molecule has 0 saturated heterocycles. The fourth-order valence-corrected chi connectivity index (χ4v) is 1.59. The van der Waals surface area contributed by atoms with E-state index in [1.807, 2.05) is 6.07 Å². The van der Waals surface area contributed by atoms with E-state index in [1.54, 1.807) is 18.2 Å². The lowest BCUT2D eigenvalue weighted by molar-refractivity contribution is -0.0800. The van der Waals surface area contributed by atoms with Crippen molar-refractivity contribution in [2.45, 2.75) is 18.3 Å². The normalized spacial score (nSPS) is 16.9. The summed E-state index contributed by atoms with van der Waals surface area (Å²) >= 11 is 0. The van der Waals surface area contributed by atoms with Crippen molar-refractivity contribution >= 4 is 11.0 Å². The SMILES string of the molecule is OC[C@H](O)[C@@H](O)[C@H](O)c1nc2ccccc2[nH]1. The Morgan fingerprint density at radius 2 is 1.88 bits per heavy atom. The number of aromatic amines is 1. The average molecular weight is 238 g/mol. The molecule has 0 spiro atoms. The zero-order valence-electron chi connectivity index (χ0n) is 8.98. The van der Waals surface area contributed by atoms with Crippen molar-refractivity contribution in [3.63, 3.8) is 0 Å². The van der Waals surface area contributed by atoms with Crippen LogP contribution in [0.15, 0.2) is 24.3 Å². The minimum Gasteiger partial charge on any atom is -0.394 e. The Balaban J connectivity index is 2.27. The Labute approximate surface area is 97.2 Å². The number of nitrogens with one attached hydrogen (secondary N) is 1. The van der Waals surface area contributed by atoms with Gasteiger partial charge in [0, 0.05) is 0 Å². The van der Waals surface area contributed by atoms with E-state index in [9.17, 15) is 15.3 Å². The lowest BCUT2D eigenvalue weighted by Gasteiger charge is -2.19. The van der Waals surface area contributed by atoms with Gasteiger partial charge in [-0.3, -0.25) is 0 Å². The lowest BCUT2D eigenvalue weighted by Crippen LogP contribution is -2.35. The van der Waals surface area contributed by atoms with Crippen LogP contribution in [0.2, 0.25) is 0 Å². The summed E-state index contributed by atoms with van der Waals surface area (Å²) in [4.78, 5) is 6.93. The molecule has 2 rings (SSSR count). The molecule has 0 aliphatic carbocycles. The molecule has 6 heteroatoms. The summed E-state index contributed by atoms with van der Waals surface area (Å²) in [6.45, 7) is -0.627. The van der Waals surface area contributed by atoms with Gasteiger partial charge < -0.3 is 25.4 Å². The molecule has 1 aromatic carbocycles. The molecule has 0 fully saturated rings. The zero-order valence-corrected chi connectivity index (χ0v) is 8.98. The molecule has 6 nitrogen and oxygen atoms in total. The molecule has 1 aromatic heterocycles. The lowest BCUT2D eigenvalue weighted by atomic mass is 10.1. The highest BCUT2D eigenvalue weighted by Gasteiger charge is 2.27. The molecule has 0 saturated carbocycles. The van der Waals surface area contributed by atoms with Gasteiger partial charge in [-0.05, 0) is 12.1 Å². The molecular weight excluding hydrogens is 224 g/mol. The van der Waals surface area contributed by atoms with E-state index in [1.165, 1.54) is 0 Å². The van der Waals surface area contributed by atoms with Gasteiger partial charge in [-0.25, -0.2) is 4.98 Å². The molecule has 5 N–H and O–H groups in total. The number of H-pyrrole nitrogens is 1. The van der Waals surface area contributed by atoms with Crippen molar-refractivity contribution in [3.8, 4) is 0 Å². The summed E-state index contributed by atoms with van der Waals surface area (Å²) in [6.07, 6.45) is -4.26.